The molecule has 1 amide bonds. The topological polar surface area (TPSA) is 102 Å². The number of nitrogens with two attached hydrogens (primary N) is 1. The lowest BCUT2D eigenvalue weighted by atomic mass is 9.97. The van der Waals surface area contributed by atoms with E-state index in [1.54, 1.807) is 15.9 Å². The molecule has 4 heterocycles. The molecule has 154 valence electrons. The minimum atomic E-state index is 0.112. The molecule has 0 bridgehead atoms. The molecule has 0 aliphatic carbocycles. The smallest absolute Gasteiger partial charge is 0.254 e. The van der Waals surface area contributed by atoms with Gasteiger partial charge in [0, 0.05) is 36.0 Å². The number of amides is 1. The van der Waals surface area contributed by atoms with Crippen LogP contribution in [0, 0.1) is 13.8 Å². The number of rotatable bonds is 3. The van der Waals surface area contributed by atoms with Crippen molar-refractivity contribution in [3.8, 4) is 0 Å². The van der Waals surface area contributed by atoms with Crippen molar-refractivity contribution in [2.24, 2.45) is 0 Å². The number of aryl methyl sites for hydroxylation is 2. The number of thiazole rings is 1. The first-order chi connectivity index (χ1) is 14.5. The lowest BCUT2D eigenvalue weighted by Gasteiger charge is -2.32. The van der Waals surface area contributed by atoms with E-state index in [1.807, 2.05) is 36.9 Å². The Morgan fingerprint density at radius 2 is 2.07 bits per heavy atom. The first kappa shape index (κ1) is 18.9. The molecular weight excluding hydrogens is 398 g/mol. The first-order valence-electron chi connectivity index (χ1n) is 10.1. The highest BCUT2D eigenvalue weighted by Gasteiger charge is 2.28. The van der Waals surface area contributed by atoms with Gasteiger partial charge in [-0.2, -0.15) is 9.50 Å². The number of para-hydroxylation sites is 1. The fourth-order valence-corrected chi connectivity index (χ4v) is 5.31. The molecule has 1 aliphatic heterocycles. The van der Waals surface area contributed by atoms with E-state index >= 15 is 0 Å². The van der Waals surface area contributed by atoms with E-state index in [0.717, 1.165) is 46.9 Å². The average molecular weight is 422 g/mol. The molecule has 5 rings (SSSR count). The number of anilines is 1. The van der Waals surface area contributed by atoms with Crippen molar-refractivity contribution in [1.29, 1.82) is 0 Å². The fraction of sp³-hybridized carbons (Fsp3) is 0.381. The molecule has 1 unspecified atom stereocenters. The zero-order valence-corrected chi connectivity index (χ0v) is 17.8. The predicted octanol–water partition coefficient (Wildman–Crippen LogP) is 2.88. The number of hydrogen-bond donors (Lipinski definition) is 1. The van der Waals surface area contributed by atoms with E-state index in [1.165, 1.54) is 4.70 Å². The molecular formula is C21H23N7OS. The molecule has 1 saturated heterocycles. The standard InChI is InChI=1S/C21H23N7OS/c1-12-15(13(2)28-21(23-12)25-20(22)26-28)10-18(29)27-9-5-6-14(11-27)19-24-16-7-3-4-8-17(16)30-19/h3-4,7-8,14H,5-6,9-11H2,1-2H3,(H2,22,26). The normalized spacial score (nSPS) is 17.1. The van der Waals surface area contributed by atoms with Gasteiger partial charge in [-0.15, -0.1) is 16.4 Å². The molecule has 0 radical (unpaired) electrons. The van der Waals surface area contributed by atoms with Crippen LogP contribution in [0.2, 0.25) is 0 Å². The van der Waals surface area contributed by atoms with E-state index in [-0.39, 0.29) is 17.8 Å². The number of fused-ring (bicyclic) bond motifs is 2. The molecule has 30 heavy (non-hydrogen) atoms. The van der Waals surface area contributed by atoms with Crippen molar-refractivity contribution in [3.63, 3.8) is 0 Å². The summed E-state index contributed by atoms with van der Waals surface area (Å²) in [6.07, 6.45) is 2.35. The van der Waals surface area contributed by atoms with Crippen LogP contribution in [0.3, 0.4) is 0 Å². The third-order valence-corrected chi connectivity index (χ3v) is 7.03. The van der Waals surface area contributed by atoms with Gasteiger partial charge in [-0.25, -0.2) is 9.97 Å². The molecule has 1 aromatic carbocycles. The van der Waals surface area contributed by atoms with Gasteiger partial charge >= 0.3 is 0 Å². The third kappa shape index (κ3) is 3.28. The van der Waals surface area contributed by atoms with Gasteiger partial charge < -0.3 is 10.6 Å². The van der Waals surface area contributed by atoms with Gasteiger partial charge in [0.25, 0.3) is 5.78 Å². The Kier molecular flexibility index (Phi) is 4.62. The van der Waals surface area contributed by atoms with E-state index in [9.17, 15) is 4.79 Å². The van der Waals surface area contributed by atoms with Gasteiger partial charge in [-0.1, -0.05) is 12.1 Å². The highest BCUT2D eigenvalue weighted by atomic mass is 32.1. The third-order valence-electron chi connectivity index (χ3n) is 5.83. The number of benzene rings is 1. The summed E-state index contributed by atoms with van der Waals surface area (Å²) >= 11 is 1.74. The Bertz CT molecular complexity index is 1230. The minimum Gasteiger partial charge on any atom is -0.366 e. The molecule has 3 aromatic heterocycles. The van der Waals surface area contributed by atoms with Gasteiger partial charge in [0.15, 0.2) is 0 Å². The molecule has 1 fully saturated rings. The van der Waals surface area contributed by atoms with Crippen LogP contribution < -0.4 is 5.73 Å². The summed E-state index contributed by atoms with van der Waals surface area (Å²) in [5.41, 5.74) is 9.29. The summed E-state index contributed by atoms with van der Waals surface area (Å²) in [4.78, 5) is 28.6. The van der Waals surface area contributed by atoms with E-state index in [2.05, 4.69) is 21.1 Å². The summed E-state index contributed by atoms with van der Waals surface area (Å²) in [7, 11) is 0. The molecule has 0 saturated carbocycles. The van der Waals surface area contributed by atoms with Crippen LogP contribution in [-0.4, -0.2) is 48.5 Å². The monoisotopic (exact) mass is 421 g/mol. The lowest BCUT2D eigenvalue weighted by molar-refractivity contribution is -0.131. The van der Waals surface area contributed by atoms with Crippen LogP contribution in [0.5, 0.6) is 0 Å². The van der Waals surface area contributed by atoms with Crippen LogP contribution in [0.1, 0.15) is 40.7 Å². The van der Waals surface area contributed by atoms with Gasteiger partial charge in [-0.3, -0.25) is 4.79 Å². The summed E-state index contributed by atoms with van der Waals surface area (Å²) < 4.78 is 2.82. The van der Waals surface area contributed by atoms with E-state index < -0.39 is 0 Å². The molecule has 2 N–H and O–H groups in total. The number of aromatic nitrogens is 5. The Morgan fingerprint density at radius 1 is 1.23 bits per heavy atom. The SMILES string of the molecule is Cc1nc2nc(N)nn2c(C)c1CC(=O)N1CCCC(c2nc3ccccc3s2)C1. The first-order valence-corrected chi connectivity index (χ1v) is 10.9. The second kappa shape index (κ2) is 7.32. The maximum absolute atomic E-state index is 13.2. The number of nitrogen functional groups attached to an aromatic ring is 1. The summed E-state index contributed by atoms with van der Waals surface area (Å²) in [6.45, 7) is 5.33. The molecule has 1 atom stereocenters. The van der Waals surface area contributed by atoms with Crippen LogP contribution >= 0.6 is 11.3 Å². The quantitative estimate of drug-likeness (QED) is 0.546. The number of nitrogens with zero attached hydrogens (tertiary/aromatic N) is 6. The number of likely N-dealkylation sites (tertiary alicyclic amines) is 1. The van der Waals surface area contributed by atoms with E-state index in [0.29, 0.717) is 18.7 Å². The summed E-state index contributed by atoms with van der Waals surface area (Å²) in [5.74, 6) is 1.05. The fourth-order valence-electron chi connectivity index (χ4n) is 4.21. The Balaban J connectivity index is 1.37. The van der Waals surface area contributed by atoms with Gasteiger partial charge in [-0.05, 0) is 38.8 Å². The number of hydrogen-bond acceptors (Lipinski definition) is 7. The maximum Gasteiger partial charge on any atom is 0.254 e. The second-order valence-corrected chi connectivity index (χ2v) is 8.88. The van der Waals surface area contributed by atoms with Crippen molar-refractivity contribution in [3.05, 3.63) is 46.2 Å². The molecule has 8 nitrogen and oxygen atoms in total. The largest absolute Gasteiger partial charge is 0.366 e. The molecule has 9 heteroatoms. The minimum absolute atomic E-state index is 0.112. The molecule has 4 aromatic rings. The average Bonchev–Trinajstić information content (AvgIpc) is 3.34. The number of carbonyl (C=O) groups is 1. The van der Waals surface area contributed by atoms with Crippen molar-refractivity contribution >= 4 is 39.2 Å². The molecule has 0 spiro atoms. The zero-order valence-electron chi connectivity index (χ0n) is 17.0. The summed E-state index contributed by atoms with van der Waals surface area (Å²) in [5, 5.41) is 5.32. The van der Waals surface area contributed by atoms with Gasteiger partial charge in [0.2, 0.25) is 11.9 Å². The molecule has 1 aliphatic rings. The second-order valence-electron chi connectivity index (χ2n) is 7.82. The Labute approximate surface area is 177 Å². The van der Waals surface area contributed by atoms with Crippen LogP contribution in [-0.2, 0) is 11.2 Å². The van der Waals surface area contributed by atoms with Crippen molar-refractivity contribution in [1.82, 2.24) is 29.5 Å². The van der Waals surface area contributed by atoms with Crippen LogP contribution in [0.25, 0.3) is 16.0 Å². The highest BCUT2D eigenvalue weighted by Crippen LogP contribution is 2.33. The summed E-state index contributed by atoms with van der Waals surface area (Å²) in [6, 6.07) is 8.21. The van der Waals surface area contributed by atoms with Crippen molar-refractivity contribution < 1.29 is 4.79 Å². The number of carbonyl (C=O) groups excluding carboxylic acids is 1. The van der Waals surface area contributed by atoms with Gasteiger partial charge in [0.05, 0.1) is 21.6 Å². The van der Waals surface area contributed by atoms with Crippen molar-refractivity contribution in [2.45, 2.75) is 39.0 Å². The van der Waals surface area contributed by atoms with E-state index in [4.69, 9.17) is 10.7 Å². The lowest BCUT2D eigenvalue weighted by Crippen LogP contribution is -2.40. The van der Waals surface area contributed by atoms with Crippen LogP contribution in [0.4, 0.5) is 5.95 Å². The Morgan fingerprint density at radius 3 is 2.90 bits per heavy atom. The van der Waals surface area contributed by atoms with Crippen LogP contribution in [0.15, 0.2) is 24.3 Å². The zero-order chi connectivity index (χ0) is 20.8. The van der Waals surface area contributed by atoms with Gasteiger partial charge in [0.1, 0.15) is 0 Å². The highest BCUT2D eigenvalue weighted by molar-refractivity contribution is 7.18. The maximum atomic E-state index is 13.2. The Hall–Kier alpha value is -3.07. The predicted molar refractivity (Wildman–Crippen MR) is 117 cm³/mol. The number of piperidine rings is 1. The van der Waals surface area contributed by atoms with Crippen molar-refractivity contribution in [2.75, 3.05) is 18.8 Å².